The molecule has 1 rings (SSSR count). The lowest BCUT2D eigenvalue weighted by molar-refractivity contribution is 0.0286. The van der Waals surface area contributed by atoms with Crippen LogP contribution in [0.5, 0.6) is 0 Å². The Hall–Kier alpha value is -0.900. The van der Waals surface area contributed by atoms with E-state index >= 15 is 0 Å². The number of nitrogens with one attached hydrogen (secondary N) is 1. The first-order chi connectivity index (χ1) is 10.4. The molecule has 23 heavy (non-hydrogen) atoms. The highest BCUT2D eigenvalue weighted by atomic mass is 32.2. The molecule has 0 aromatic heterocycles. The molecule has 1 unspecified atom stereocenters. The van der Waals surface area contributed by atoms with Crippen LogP contribution in [0.2, 0.25) is 0 Å². The van der Waals surface area contributed by atoms with Crippen LogP contribution in [0.4, 0.5) is 4.79 Å². The van der Waals surface area contributed by atoms with E-state index in [2.05, 4.69) is 9.62 Å². The lowest BCUT2D eigenvalue weighted by atomic mass is 10.2. The van der Waals surface area contributed by atoms with E-state index in [9.17, 15) is 13.2 Å². The van der Waals surface area contributed by atoms with Gasteiger partial charge in [0.2, 0.25) is 0 Å². The summed E-state index contributed by atoms with van der Waals surface area (Å²) in [6, 6.07) is -0.0887. The zero-order chi connectivity index (χ0) is 17.8. The van der Waals surface area contributed by atoms with E-state index in [-0.39, 0.29) is 12.1 Å². The third-order valence-electron chi connectivity index (χ3n) is 3.53. The fourth-order valence-corrected chi connectivity index (χ4v) is 2.99. The Bertz CT molecular complexity index is 501. The minimum absolute atomic E-state index is 0.0887. The number of nitrogens with zero attached hydrogens (tertiary/aromatic N) is 3. The summed E-state index contributed by atoms with van der Waals surface area (Å²) in [5, 5.41) is 0. The molecule has 0 bridgehead atoms. The summed E-state index contributed by atoms with van der Waals surface area (Å²) in [4.78, 5) is 15.6. The van der Waals surface area contributed by atoms with Crippen LogP contribution in [-0.2, 0) is 14.9 Å². The van der Waals surface area contributed by atoms with Crippen LogP contribution >= 0.6 is 0 Å². The van der Waals surface area contributed by atoms with Crippen molar-refractivity contribution in [2.75, 3.05) is 47.3 Å². The van der Waals surface area contributed by atoms with Crippen LogP contribution in [-0.4, -0.2) is 87.6 Å². The van der Waals surface area contributed by atoms with Crippen LogP contribution < -0.4 is 4.72 Å². The van der Waals surface area contributed by atoms with Gasteiger partial charge in [-0.3, -0.25) is 4.90 Å². The molecule has 1 atom stereocenters. The molecule has 0 aliphatic carbocycles. The van der Waals surface area contributed by atoms with Crippen LogP contribution in [0, 0.1) is 0 Å². The van der Waals surface area contributed by atoms with Crippen molar-refractivity contribution in [2.45, 2.75) is 38.8 Å². The zero-order valence-electron chi connectivity index (χ0n) is 15.0. The summed E-state index contributed by atoms with van der Waals surface area (Å²) in [6.45, 7) is 8.19. The molecule has 0 radical (unpaired) electrons. The summed E-state index contributed by atoms with van der Waals surface area (Å²) in [5.74, 6) is 0. The molecule has 0 aromatic carbocycles. The van der Waals surface area contributed by atoms with Crippen LogP contribution in [0.25, 0.3) is 0 Å². The highest BCUT2D eigenvalue weighted by molar-refractivity contribution is 7.87. The topological polar surface area (TPSA) is 82.2 Å². The number of likely N-dealkylation sites (tertiary alicyclic amines) is 1. The van der Waals surface area contributed by atoms with Gasteiger partial charge in [0.15, 0.2) is 0 Å². The van der Waals surface area contributed by atoms with Gasteiger partial charge in [0.25, 0.3) is 10.2 Å². The largest absolute Gasteiger partial charge is 0.444 e. The molecule has 0 aromatic rings. The lowest BCUT2D eigenvalue weighted by Gasteiger charge is -2.26. The molecule has 0 saturated carbocycles. The maximum absolute atomic E-state index is 11.9. The summed E-state index contributed by atoms with van der Waals surface area (Å²) in [5.41, 5.74) is -0.505. The maximum Gasteiger partial charge on any atom is 0.410 e. The molecule has 1 N–H and O–H groups in total. The predicted octanol–water partition coefficient (Wildman–Crippen LogP) is 0.324. The van der Waals surface area contributed by atoms with Crippen molar-refractivity contribution >= 4 is 16.3 Å². The van der Waals surface area contributed by atoms with Gasteiger partial charge in [-0.05, 0) is 33.7 Å². The lowest BCUT2D eigenvalue weighted by Crippen LogP contribution is -2.44. The molecular weight excluding hydrogens is 320 g/mol. The molecule has 8 nitrogen and oxygen atoms in total. The van der Waals surface area contributed by atoms with Gasteiger partial charge in [-0.25, -0.2) is 4.79 Å². The van der Waals surface area contributed by atoms with Crippen LogP contribution in [0.1, 0.15) is 27.2 Å². The first-order valence-electron chi connectivity index (χ1n) is 7.77. The average molecular weight is 350 g/mol. The van der Waals surface area contributed by atoms with E-state index < -0.39 is 15.8 Å². The quantitative estimate of drug-likeness (QED) is 0.746. The Labute approximate surface area is 139 Å². The molecule has 0 spiro atoms. The average Bonchev–Trinajstić information content (AvgIpc) is 2.80. The number of hydrogen-bond acceptors (Lipinski definition) is 5. The third-order valence-corrected chi connectivity index (χ3v) is 5.12. The van der Waals surface area contributed by atoms with Gasteiger partial charge in [-0.1, -0.05) is 0 Å². The van der Waals surface area contributed by atoms with E-state index in [1.165, 1.54) is 18.4 Å². The Balaban J connectivity index is 2.37. The normalized spacial score (nSPS) is 20.0. The summed E-state index contributed by atoms with van der Waals surface area (Å²) >= 11 is 0. The fourth-order valence-electron chi connectivity index (χ4n) is 2.17. The van der Waals surface area contributed by atoms with Crippen molar-refractivity contribution in [3.8, 4) is 0 Å². The Kier molecular flexibility index (Phi) is 6.81. The van der Waals surface area contributed by atoms with Gasteiger partial charge in [-0.2, -0.15) is 17.4 Å². The number of carbonyl (C=O) groups is 1. The molecule has 1 fully saturated rings. The highest BCUT2D eigenvalue weighted by Crippen LogP contribution is 2.12. The monoisotopic (exact) mass is 350 g/mol. The molecule has 1 amide bonds. The number of ether oxygens (including phenoxy) is 1. The minimum Gasteiger partial charge on any atom is -0.444 e. The minimum atomic E-state index is -3.40. The van der Waals surface area contributed by atoms with E-state index in [0.717, 1.165) is 13.0 Å². The molecule has 1 heterocycles. The second-order valence-corrected chi connectivity index (χ2v) is 9.01. The van der Waals surface area contributed by atoms with Gasteiger partial charge in [0.1, 0.15) is 5.60 Å². The van der Waals surface area contributed by atoms with Crippen LogP contribution in [0.3, 0.4) is 0 Å². The van der Waals surface area contributed by atoms with E-state index in [0.29, 0.717) is 19.6 Å². The van der Waals surface area contributed by atoms with Crippen molar-refractivity contribution in [3.05, 3.63) is 0 Å². The highest BCUT2D eigenvalue weighted by Gasteiger charge is 2.28. The Morgan fingerprint density at radius 3 is 2.43 bits per heavy atom. The second kappa shape index (κ2) is 7.78. The van der Waals surface area contributed by atoms with Gasteiger partial charge in [0, 0.05) is 46.8 Å². The molecule has 1 aliphatic rings. The van der Waals surface area contributed by atoms with Crippen molar-refractivity contribution in [1.29, 1.82) is 0 Å². The standard InChI is InChI=1S/C14H30N4O4S/c1-14(2,3)22-13(19)17(6)9-10-18-8-7-12(11-18)15-23(20,21)16(4)5/h12,15H,7-11H2,1-6H3. The van der Waals surface area contributed by atoms with E-state index in [1.807, 2.05) is 20.8 Å². The van der Waals surface area contributed by atoms with Crippen molar-refractivity contribution < 1.29 is 17.9 Å². The molecule has 136 valence electrons. The van der Waals surface area contributed by atoms with E-state index in [4.69, 9.17) is 4.74 Å². The van der Waals surface area contributed by atoms with Gasteiger partial charge in [-0.15, -0.1) is 0 Å². The third kappa shape index (κ3) is 7.03. The fraction of sp³-hybridized carbons (Fsp3) is 0.929. The van der Waals surface area contributed by atoms with Gasteiger partial charge < -0.3 is 9.64 Å². The molecule has 1 saturated heterocycles. The van der Waals surface area contributed by atoms with Gasteiger partial charge in [0.05, 0.1) is 0 Å². The smallest absolute Gasteiger partial charge is 0.410 e. The zero-order valence-corrected chi connectivity index (χ0v) is 15.8. The number of likely N-dealkylation sites (N-methyl/N-ethyl adjacent to an activating group) is 1. The molecule has 1 aliphatic heterocycles. The van der Waals surface area contributed by atoms with Crippen molar-refractivity contribution in [2.24, 2.45) is 0 Å². The van der Waals surface area contributed by atoms with Crippen molar-refractivity contribution in [1.82, 2.24) is 18.8 Å². The maximum atomic E-state index is 11.9. The Morgan fingerprint density at radius 2 is 1.91 bits per heavy atom. The van der Waals surface area contributed by atoms with Crippen molar-refractivity contribution in [3.63, 3.8) is 0 Å². The summed E-state index contributed by atoms with van der Waals surface area (Å²) in [6.07, 6.45) is 0.421. The number of amides is 1. The molecule has 9 heteroatoms. The predicted molar refractivity (Wildman–Crippen MR) is 89.5 cm³/mol. The second-order valence-electron chi connectivity index (χ2n) is 7.09. The Morgan fingerprint density at radius 1 is 1.30 bits per heavy atom. The summed E-state index contributed by atoms with van der Waals surface area (Å²) in [7, 11) is 1.32. The first kappa shape index (κ1) is 20.1. The van der Waals surface area contributed by atoms with Gasteiger partial charge >= 0.3 is 6.09 Å². The number of rotatable bonds is 6. The number of carbonyl (C=O) groups excluding carboxylic acids is 1. The molecular formula is C14H30N4O4S. The van der Waals surface area contributed by atoms with Crippen LogP contribution in [0.15, 0.2) is 0 Å². The first-order valence-corrected chi connectivity index (χ1v) is 9.21. The SMILES string of the molecule is CN(CCN1CCC(NS(=O)(=O)N(C)C)C1)C(=O)OC(C)(C)C. The van der Waals surface area contributed by atoms with E-state index in [1.54, 1.807) is 11.9 Å². The number of hydrogen-bond donors (Lipinski definition) is 1. The summed E-state index contributed by atoms with van der Waals surface area (Å²) < 4.78 is 32.8.